The third kappa shape index (κ3) is 36.0. The van der Waals surface area contributed by atoms with Crippen LogP contribution in [0.25, 0.3) is 0 Å². The zero-order valence-corrected chi connectivity index (χ0v) is 63.2. The Balaban J connectivity index is 0.000000498. The van der Waals surface area contributed by atoms with Crippen molar-refractivity contribution in [2.75, 3.05) is 273 Å². The van der Waals surface area contributed by atoms with Gasteiger partial charge in [0.1, 0.15) is 0 Å². The Kier molecular flexibility index (Phi) is 49.3. The SMILES string of the molecule is CCN1CCC(N(C)C)CC1.CCN1CCC(N(CC)CC)C1.CCN1CCC(N(CC)CC)CC1.CCN1CCCC(N(C)C)C1.CCN1CCN(C(C)C)CC1.CCN1CCN(C)CC1.CCN1CC[C@@H](N(C)C)C1.CCN1CC[C@H](N(C)C)C1. The predicted octanol–water partition coefficient (Wildman–Crippen LogP) is 7.87. The molecule has 8 saturated heterocycles. The minimum atomic E-state index is 0.731. The van der Waals surface area contributed by atoms with E-state index < -0.39 is 0 Å². The number of piperazine rings is 2. The van der Waals surface area contributed by atoms with Gasteiger partial charge in [0.2, 0.25) is 0 Å². The van der Waals surface area contributed by atoms with Gasteiger partial charge >= 0.3 is 0 Å². The standard InChI is InChI=1S/C11H24N2.C10H22N2.3C9H20N2.2C8H18N2.C7H16N2/c1-4-12-9-7-11(8-10-12)13(5-2)6-3;1-4-11-8-7-10(9-11)12(5-2)6-3;1-4-11-7-5-9(6-8-11)10(2)3;1-4-10-5-7-11(8-6-10)9(2)3;1-4-11-7-5-6-9(8-11)10(2)3;2*1-4-10-6-5-8(7-10)9(2)3;1-3-9-6-4-8(2)5-7-9/h11H,4-10H2,1-3H3;10H,4-9H2,1-3H3;3*9H,4-8H2,1-3H3;2*8H,4-7H2,1-3H3;3-7H2,1-2H3/t;;;;;2*8-;/m.....10./s1. The number of likely N-dealkylation sites (tertiary alicyclic amines) is 6. The fourth-order valence-corrected chi connectivity index (χ4v) is 13.8. The number of rotatable bonds is 19. The van der Waals surface area contributed by atoms with Crippen LogP contribution in [0, 0.1) is 0 Å². The summed E-state index contributed by atoms with van der Waals surface area (Å²) in [6.45, 7) is 71.7. The maximum atomic E-state index is 2.60. The zero-order valence-electron chi connectivity index (χ0n) is 63.2. The lowest BCUT2D eigenvalue weighted by atomic mass is 10.0. The van der Waals surface area contributed by atoms with E-state index >= 15 is 0 Å². The predicted molar refractivity (Wildman–Crippen MR) is 386 cm³/mol. The fourth-order valence-electron chi connectivity index (χ4n) is 13.8. The lowest BCUT2D eigenvalue weighted by Gasteiger charge is -2.37. The summed E-state index contributed by atoms with van der Waals surface area (Å²) in [7, 11) is 19.6. The largest absolute Gasteiger partial charge is 0.306 e. The van der Waals surface area contributed by atoms with Crippen LogP contribution in [-0.2, 0) is 0 Å². The van der Waals surface area contributed by atoms with Gasteiger partial charge in [-0.3, -0.25) is 9.80 Å². The highest BCUT2D eigenvalue weighted by Gasteiger charge is 2.27. The third-order valence-electron chi connectivity index (χ3n) is 21.2. The summed E-state index contributed by atoms with van der Waals surface area (Å²) in [5.74, 6) is 0. The minimum absolute atomic E-state index is 0.731. The summed E-state index contributed by atoms with van der Waals surface area (Å²) in [6.07, 6.45) is 12.3. The maximum absolute atomic E-state index is 2.60. The molecule has 0 amide bonds. The molecule has 8 fully saturated rings. The van der Waals surface area contributed by atoms with Crippen molar-refractivity contribution in [3.63, 3.8) is 0 Å². The molecule has 16 nitrogen and oxygen atoms in total. The Morgan fingerprint density at radius 3 is 0.828 bits per heavy atom. The number of likely N-dealkylation sites (N-methyl/N-ethyl adjacent to an activating group) is 11. The summed E-state index contributed by atoms with van der Waals surface area (Å²) in [5.41, 5.74) is 0. The van der Waals surface area contributed by atoms with Crippen LogP contribution in [0.2, 0.25) is 0 Å². The average Bonchev–Trinajstić information content (AvgIpc) is 4.50. The van der Waals surface area contributed by atoms with Crippen molar-refractivity contribution in [2.45, 2.75) is 197 Å². The van der Waals surface area contributed by atoms with Crippen molar-refractivity contribution in [1.29, 1.82) is 0 Å². The molecule has 8 heterocycles. The first-order chi connectivity index (χ1) is 41.6. The van der Waals surface area contributed by atoms with Crippen LogP contribution in [0.15, 0.2) is 0 Å². The van der Waals surface area contributed by atoms with Crippen LogP contribution in [0.1, 0.15) is 155 Å². The van der Waals surface area contributed by atoms with E-state index in [1.54, 1.807) is 0 Å². The first-order valence-electron chi connectivity index (χ1n) is 37.0. The number of hydrogen-bond acceptors (Lipinski definition) is 16. The molecule has 0 radical (unpaired) electrons. The van der Waals surface area contributed by atoms with Crippen molar-refractivity contribution in [3.8, 4) is 0 Å². The Morgan fingerprint density at radius 1 is 0.276 bits per heavy atom. The Bertz CT molecular complexity index is 1450. The van der Waals surface area contributed by atoms with E-state index in [0.29, 0.717) is 0 Å². The molecule has 0 bridgehead atoms. The van der Waals surface area contributed by atoms with E-state index in [2.05, 4.69) is 239 Å². The van der Waals surface area contributed by atoms with Gasteiger partial charge in [-0.2, -0.15) is 0 Å². The first-order valence-corrected chi connectivity index (χ1v) is 37.0. The molecule has 0 aromatic carbocycles. The molecule has 4 atom stereocenters. The van der Waals surface area contributed by atoms with Crippen LogP contribution >= 0.6 is 0 Å². The Morgan fingerprint density at radius 2 is 0.529 bits per heavy atom. The van der Waals surface area contributed by atoms with Gasteiger partial charge in [0.15, 0.2) is 0 Å². The fraction of sp³-hybridized carbons (Fsp3) is 1.00. The van der Waals surface area contributed by atoms with Crippen LogP contribution in [0.3, 0.4) is 0 Å². The Hall–Kier alpha value is -0.640. The lowest BCUT2D eigenvalue weighted by molar-refractivity contribution is 0.112. The second kappa shape index (κ2) is 50.8. The topological polar surface area (TPSA) is 51.8 Å². The minimum Gasteiger partial charge on any atom is -0.306 e. The van der Waals surface area contributed by atoms with Gasteiger partial charge in [0.25, 0.3) is 0 Å². The van der Waals surface area contributed by atoms with Gasteiger partial charge in [-0.15, -0.1) is 0 Å². The molecule has 0 spiro atoms. The summed E-state index contributed by atoms with van der Waals surface area (Å²) < 4.78 is 0. The van der Waals surface area contributed by atoms with E-state index in [4.69, 9.17) is 0 Å². The van der Waals surface area contributed by atoms with Gasteiger partial charge < -0.3 is 68.6 Å². The quantitative estimate of drug-likeness (QED) is 0.126. The number of piperidine rings is 3. The molecule has 8 aliphatic heterocycles. The lowest BCUT2D eigenvalue weighted by Crippen LogP contribution is -2.48. The van der Waals surface area contributed by atoms with Crippen molar-refractivity contribution in [3.05, 3.63) is 0 Å². The van der Waals surface area contributed by atoms with Crippen LogP contribution < -0.4 is 0 Å². The summed E-state index contributed by atoms with van der Waals surface area (Å²) >= 11 is 0. The van der Waals surface area contributed by atoms with Gasteiger partial charge in [-0.25, -0.2) is 0 Å². The van der Waals surface area contributed by atoms with E-state index in [-0.39, 0.29) is 0 Å². The van der Waals surface area contributed by atoms with E-state index in [9.17, 15) is 0 Å². The van der Waals surface area contributed by atoms with Crippen molar-refractivity contribution in [2.24, 2.45) is 0 Å². The second-order valence-electron chi connectivity index (χ2n) is 27.6. The van der Waals surface area contributed by atoms with E-state index in [0.717, 1.165) is 42.3 Å². The molecule has 2 unspecified atom stereocenters. The molecule has 0 aliphatic carbocycles. The van der Waals surface area contributed by atoms with Crippen LogP contribution in [-0.4, -0.2) is 394 Å². The normalized spacial score (nSPS) is 25.0. The Labute approximate surface area is 545 Å². The number of nitrogens with zero attached hydrogens (tertiary/aromatic N) is 16. The van der Waals surface area contributed by atoms with Gasteiger partial charge in [-0.1, -0.05) is 83.1 Å². The smallest absolute Gasteiger partial charge is 0.0235 e. The van der Waals surface area contributed by atoms with Crippen molar-refractivity contribution >= 4 is 0 Å². The molecule has 16 heteroatoms. The summed E-state index contributed by atoms with van der Waals surface area (Å²) in [6, 6.07) is 5.66. The summed E-state index contributed by atoms with van der Waals surface area (Å²) in [4.78, 5) is 39.6. The van der Waals surface area contributed by atoms with Gasteiger partial charge in [0.05, 0.1) is 0 Å². The molecule has 8 rings (SSSR count). The first kappa shape index (κ1) is 84.4. The molecule has 0 aromatic heterocycles. The molecule has 0 saturated carbocycles. The van der Waals surface area contributed by atoms with Gasteiger partial charge in [-0.05, 0) is 266 Å². The van der Waals surface area contributed by atoms with E-state index in [1.165, 1.54) is 267 Å². The van der Waals surface area contributed by atoms with Crippen molar-refractivity contribution < 1.29 is 0 Å². The van der Waals surface area contributed by atoms with Crippen molar-refractivity contribution in [1.82, 2.24) is 78.4 Å². The highest BCUT2D eigenvalue weighted by atomic mass is 15.3. The molecule has 0 aromatic rings. The zero-order chi connectivity index (χ0) is 65.3. The molecular formula is C71H158N16. The highest BCUT2D eigenvalue weighted by molar-refractivity contribution is 4.84. The maximum Gasteiger partial charge on any atom is 0.0235 e. The molecular weight excluding hydrogens is 1080 g/mol. The molecule has 87 heavy (non-hydrogen) atoms. The molecule has 0 N–H and O–H groups in total. The van der Waals surface area contributed by atoms with Crippen LogP contribution in [0.4, 0.5) is 0 Å². The highest BCUT2D eigenvalue weighted by Crippen LogP contribution is 2.18. The number of hydrogen-bond donors (Lipinski definition) is 0. The average molecular weight is 1240 g/mol. The van der Waals surface area contributed by atoms with E-state index in [1.807, 2.05) is 0 Å². The monoisotopic (exact) mass is 1240 g/mol. The van der Waals surface area contributed by atoms with Gasteiger partial charge in [0, 0.05) is 121 Å². The second-order valence-corrected chi connectivity index (χ2v) is 27.6. The molecule has 8 aliphatic rings. The molecule has 522 valence electrons. The summed E-state index contributed by atoms with van der Waals surface area (Å²) in [5, 5.41) is 0. The third-order valence-corrected chi connectivity index (χ3v) is 21.2. The van der Waals surface area contributed by atoms with Crippen LogP contribution in [0.5, 0.6) is 0 Å².